The summed E-state index contributed by atoms with van der Waals surface area (Å²) < 4.78 is 5.39. The van der Waals surface area contributed by atoms with E-state index in [-0.39, 0.29) is 0 Å². The second kappa shape index (κ2) is 5.01. The maximum Gasteiger partial charge on any atom is 0.239 e. The Morgan fingerprint density at radius 3 is 2.65 bits per heavy atom. The first-order valence-corrected chi connectivity index (χ1v) is 7.76. The van der Waals surface area contributed by atoms with Gasteiger partial charge < -0.3 is 4.52 Å². The normalized spacial score (nSPS) is 23.8. The van der Waals surface area contributed by atoms with Gasteiger partial charge in [-0.2, -0.15) is 4.98 Å². The number of hydrogen-bond acceptors (Lipinski definition) is 4. The van der Waals surface area contributed by atoms with Gasteiger partial charge in [-0.05, 0) is 32.6 Å². The quantitative estimate of drug-likeness (QED) is 0.809. The van der Waals surface area contributed by atoms with E-state index in [2.05, 4.69) is 17.1 Å². The second-order valence-corrected chi connectivity index (χ2v) is 6.95. The number of thioether (sulfide) groups is 1. The van der Waals surface area contributed by atoms with Gasteiger partial charge in [-0.15, -0.1) is 11.8 Å². The lowest BCUT2D eigenvalue weighted by atomic mass is 10.0. The molecule has 4 heteroatoms. The Labute approximate surface area is 107 Å². The first kappa shape index (κ1) is 11.6. The van der Waals surface area contributed by atoms with Gasteiger partial charge in [0.25, 0.3) is 0 Å². The van der Waals surface area contributed by atoms with Crippen molar-refractivity contribution in [2.24, 2.45) is 0 Å². The molecule has 1 aromatic heterocycles. The summed E-state index contributed by atoms with van der Waals surface area (Å²) in [6.45, 7) is 2.20. The highest BCUT2D eigenvalue weighted by molar-refractivity contribution is 8.00. The lowest BCUT2D eigenvalue weighted by molar-refractivity contribution is 0.374. The molecular formula is C13H20N2OS. The zero-order valence-corrected chi connectivity index (χ0v) is 11.2. The van der Waals surface area contributed by atoms with Crippen LogP contribution in [0.5, 0.6) is 0 Å². The molecule has 1 atom stereocenters. The summed E-state index contributed by atoms with van der Waals surface area (Å²) in [6.07, 6.45) is 9.39. The first-order valence-electron chi connectivity index (χ1n) is 6.82. The average Bonchev–Trinajstić information content (AvgIpc) is 3.08. The molecule has 1 unspecified atom stereocenters. The molecule has 1 aromatic rings. The minimum Gasteiger partial charge on any atom is -0.338 e. The molecule has 0 N–H and O–H groups in total. The zero-order valence-electron chi connectivity index (χ0n) is 10.4. The summed E-state index contributed by atoms with van der Waals surface area (Å²) in [5.41, 5.74) is 0. The molecule has 0 spiro atoms. The van der Waals surface area contributed by atoms with Crippen molar-refractivity contribution in [3.63, 3.8) is 0 Å². The third-order valence-corrected chi connectivity index (χ3v) is 5.16. The van der Waals surface area contributed by atoms with Gasteiger partial charge in [0, 0.05) is 11.2 Å². The minimum atomic E-state index is 0.359. The average molecular weight is 252 g/mol. The lowest BCUT2D eigenvalue weighted by Crippen LogP contribution is -2.09. The third-order valence-electron chi connectivity index (χ3n) is 3.70. The van der Waals surface area contributed by atoms with E-state index in [1.807, 2.05) is 11.8 Å². The standard InChI is InChI=1S/C13H20N2OS/c1-9(17-11-5-3-2-4-6-11)13-14-12(15-16-13)10-7-8-10/h9-11H,2-8H2,1H3. The molecule has 2 aliphatic carbocycles. The van der Waals surface area contributed by atoms with Crippen LogP contribution in [0.3, 0.4) is 0 Å². The van der Waals surface area contributed by atoms with Crippen molar-refractivity contribution in [2.75, 3.05) is 0 Å². The SMILES string of the molecule is CC(SC1CCCCC1)c1nc(C2CC2)no1. The van der Waals surface area contributed by atoms with Crippen LogP contribution in [0, 0.1) is 0 Å². The number of nitrogens with zero attached hydrogens (tertiary/aromatic N) is 2. The Morgan fingerprint density at radius 2 is 1.94 bits per heavy atom. The Bertz CT molecular complexity index is 369. The monoisotopic (exact) mass is 252 g/mol. The van der Waals surface area contributed by atoms with Crippen molar-refractivity contribution in [1.29, 1.82) is 0 Å². The molecule has 2 saturated carbocycles. The van der Waals surface area contributed by atoms with E-state index in [9.17, 15) is 0 Å². The Morgan fingerprint density at radius 1 is 1.18 bits per heavy atom. The Kier molecular flexibility index (Phi) is 3.41. The van der Waals surface area contributed by atoms with E-state index in [0.717, 1.165) is 17.0 Å². The summed E-state index contributed by atoms with van der Waals surface area (Å²) in [5, 5.41) is 5.25. The predicted molar refractivity (Wildman–Crippen MR) is 69.2 cm³/mol. The molecule has 0 bridgehead atoms. The van der Waals surface area contributed by atoms with Crippen molar-refractivity contribution < 1.29 is 4.52 Å². The fourth-order valence-electron chi connectivity index (χ4n) is 2.47. The van der Waals surface area contributed by atoms with Crippen LogP contribution in [-0.2, 0) is 0 Å². The van der Waals surface area contributed by atoms with Gasteiger partial charge in [-0.1, -0.05) is 24.4 Å². The molecule has 3 rings (SSSR count). The van der Waals surface area contributed by atoms with Crippen LogP contribution in [0.15, 0.2) is 4.52 Å². The highest BCUT2D eigenvalue weighted by atomic mass is 32.2. The van der Waals surface area contributed by atoms with Gasteiger partial charge in [-0.25, -0.2) is 0 Å². The van der Waals surface area contributed by atoms with Crippen LogP contribution >= 0.6 is 11.8 Å². The lowest BCUT2D eigenvalue weighted by Gasteiger charge is -2.22. The molecule has 2 fully saturated rings. The molecule has 1 heterocycles. The van der Waals surface area contributed by atoms with Crippen LogP contribution in [0.25, 0.3) is 0 Å². The molecule has 94 valence electrons. The van der Waals surface area contributed by atoms with Crippen molar-refractivity contribution in [3.8, 4) is 0 Å². The van der Waals surface area contributed by atoms with E-state index >= 15 is 0 Å². The largest absolute Gasteiger partial charge is 0.338 e. The van der Waals surface area contributed by atoms with Crippen LogP contribution in [0.4, 0.5) is 0 Å². The van der Waals surface area contributed by atoms with E-state index in [0.29, 0.717) is 11.2 Å². The molecule has 0 aromatic carbocycles. The van der Waals surface area contributed by atoms with Crippen LogP contribution in [0.2, 0.25) is 0 Å². The minimum absolute atomic E-state index is 0.359. The number of rotatable bonds is 4. The van der Waals surface area contributed by atoms with Gasteiger partial charge in [0.15, 0.2) is 5.82 Å². The van der Waals surface area contributed by atoms with E-state index in [4.69, 9.17) is 4.52 Å². The molecule has 0 saturated heterocycles. The summed E-state index contributed by atoms with van der Waals surface area (Å²) >= 11 is 2.02. The van der Waals surface area contributed by atoms with Crippen LogP contribution in [-0.4, -0.2) is 15.4 Å². The molecule has 3 nitrogen and oxygen atoms in total. The van der Waals surface area contributed by atoms with E-state index < -0.39 is 0 Å². The van der Waals surface area contributed by atoms with Crippen molar-refractivity contribution in [2.45, 2.75) is 68.3 Å². The van der Waals surface area contributed by atoms with Crippen LogP contribution in [0.1, 0.15) is 74.8 Å². The van der Waals surface area contributed by atoms with Crippen molar-refractivity contribution in [3.05, 3.63) is 11.7 Å². The molecule has 0 radical (unpaired) electrons. The summed E-state index contributed by atoms with van der Waals surface area (Å²) in [4.78, 5) is 4.54. The van der Waals surface area contributed by atoms with Gasteiger partial charge in [0.05, 0.1) is 5.25 Å². The highest BCUT2D eigenvalue weighted by Gasteiger charge is 2.30. The van der Waals surface area contributed by atoms with Crippen molar-refractivity contribution >= 4 is 11.8 Å². The topological polar surface area (TPSA) is 38.9 Å². The smallest absolute Gasteiger partial charge is 0.239 e. The number of hydrogen-bond donors (Lipinski definition) is 0. The molecule has 0 aliphatic heterocycles. The molecular weight excluding hydrogens is 232 g/mol. The Balaban J connectivity index is 1.57. The molecule has 17 heavy (non-hydrogen) atoms. The second-order valence-electron chi connectivity index (χ2n) is 5.30. The molecule has 2 aliphatic rings. The van der Waals surface area contributed by atoms with Crippen LogP contribution < -0.4 is 0 Å². The zero-order chi connectivity index (χ0) is 11.7. The summed E-state index contributed by atoms with van der Waals surface area (Å²) in [7, 11) is 0. The fourth-order valence-corrected chi connectivity index (χ4v) is 3.86. The van der Waals surface area contributed by atoms with Gasteiger partial charge in [0.1, 0.15) is 0 Å². The van der Waals surface area contributed by atoms with Gasteiger partial charge in [0.2, 0.25) is 5.89 Å². The van der Waals surface area contributed by atoms with E-state index in [1.165, 1.54) is 44.9 Å². The van der Waals surface area contributed by atoms with Crippen molar-refractivity contribution in [1.82, 2.24) is 10.1 Å². The maximum absolute atomic E-state index is 5.39. The van der Waals surface area contributed by atoms with E-state index in [1.54, 1.807) is 0 Å². The highest BCUT2D eigenvalue weighted by Crippen LogP contribution is 2.41. The van der Waals surface area contributed by atoms with Gasteiger partial charge in [-0.3, -0.25) is 0 Å². The first-order chi connectivity index (χ1) is 8.33. The predicted octanol–water partition coefficient (Wildman–Crippen LogP) is 4.07. The van der Waals surface area contributed by atoms with Gasteiger partial charge >= 0.3 is 0 Å². The summed E-state index contributed by atoms with van der Waals surface area (Å²) in [5.74, 6) is 2.37. The summed E-state index contributed by atoms with van der Waals surface area (Å²) in [6, 6.07) is 0. The molecule has 0 amide bonds. The Hall–Kier alpha value is -0.510. The third kappa shape index (κ3) is 2.84. The maximum atomic E-state index is 5.39. The fraction of sp³-hybridized carbons (Fsp3) is 0.846. The number of aromatic nitrogens is 2.